The number of hydrogen-bond donors (Lipinski definition) is 0. The third-order valence-corrected chi connectivity index (χ3v) is 3.64. The molecule has 0 aromatic heterocycles. The van der Waals surface area contributed by atoms with Crippen LogP contribution in [-0.4, -0.2) is 21.3 Å². The summed E-state index contributed by atoms with van der Waals surface area (Å²) in [7, 11) is 5.42. The van der Waals surface area contributed by atoms with Crippen LogP contribution in [0, 0.1) is 0 Å². The zero-order valence-electron chi connectivity index (χ0n) is 11.9. The first-order chi connectivity index (χ1) is 9.63. The van der Waals surface area contributed by atoms with Gasteiger partial charge in [0.25, 0.3) is 0 Å². The zero-order valence-corrected chi connectivity index (χ0v) is 13.5. The van der Waals surface area contributed by atoms with E-state index in [0.717, 1.165) is 33.8 Å². The van der Waals surface area contributed by atoms with Crippen molar-refractivity contribution < 1.29 is 9.47 Å². The highest BCUT2D eigenvalue weighted by Crippen LogP contribution is 2.27. The van der Waals surface area contributed by atoms with Gasteiger partial charge in [0.1, 0.15) is 11.5 Å². The first kappa shape index (κ1) is 14.7. The smallest absolute Gasteiger partial charge is 0.123 e. The Hall–Kier alpha value is -1.68. The Morgan fingerprint density at radius 2 is 1.85 bits per heavy atom. The maximum atomic E-state index is 5.41. The number of halogens is 1. The van der Waals surface area contributed by atoms with Crippen molar-refractivity contribution in [3.63, 3.8) is 0 Å². The second-order valence-corrected chi connectivity index (χ2v) is 5.43. The molecule has 0 aliphatic heterocycles. The molecule has 2 aromatic rings. The summed E-state index contributed by atoms with van der Waals surface area (Å²) < 4.78 is 11.7. The molecule has 0 spiro atoms. The normalized spacial score (nSPS) is 10.2. The molecule has 0 radical (unpaired) electrons. The van der Waals surface area contributed by atoms with Crippen LogP contribution in [0.3, 0.4) is 0 Å². The van der Waals surface area contributed by atoms with Crippen LogP contribution < -0.4 is 14.4 Å². The van der Waals surface area contributed by atoms with Crippen molar-refractivity contribution >= 4 is 21.6 Å². The van der Waals surface area contributed by atoms with Crippen LogP contribution in [0.2, 0.25) is 0 Å². The van der Waals surface area contributed by atoms with Crippen molar-refractivity contribution in [3.05, 3.63) is 52.5 Å². The molecular weight excluding hydrogens is 318 g/mol. The number of rotatable bonds is 5. The molecule has 0 bridgehead atoms. The molecule has 3 nitrogen and oxygen atoms in total. The van der Waals surface area contributed by atoms with Gasteiger partial charge in [0.05, 0.1) is 14.2 Å². The van der Waals surface area contributed by atoms with Gasteiger partial charge in [-0.15, -0.1) is 0 Å². The van der Waals surface area contributed by atoms with Gasteiger partial charge in [0.2, 0.25) is 0 Å². The fourth-order valence-electron chi connectivity index (χ4n) is 2.07. The molecule has 0 unspecified atom stereocenters. The molecule has 4 heteroatoms. The lowest BCUT2D eigenvalue weighted by molar-refractivity contribution is 0.409. The molecule has 0 fully saturated rings. The van der Waals surface area contributed by atoms with Gasteiger partial charge in [-0.05, 0) is 30.3 Å². The minimum Gasteiger partial charge on any atom is -0.497 e. The van der Waals surface area contributed by atoms with Gasteiger partial charge < -0.3 is 14.4 Å². The third kappa shape index (κ3) is 3.45. The van der Waals surface area contributed by atoms with E-state index in [-0.39, 0.29) is 0 Å². The highest BCUT2D eigenvalue weighted by molar-refractivity contribution is 9.10. The Labute approximate surface area is 128 Å². The Morgan fingerprint density at radius 3 is 2.55 bits per heavy atom. The maximum Gasteiger partial charge on any atom is 0.123 e. The van der Waals surface area contributed by atoms with Gasteiger partial charge >= 0.3 is 0 Å². The van der Waals surface area contributed by atoms with Crippen molar-refractivity contribution in [1.82, 2.24) is 0 Å². The lowest BCUT2D eigenvalue weighted by Gasteiger charge is -2.21. The topological polar surface area (TPSA) is 21.7 Å². The van der Waals surface area contributed by atoms with Gasteiger partial charge in [0, 0.05) is 35.4 Å². The van der Waals surface area contributed by atoms with E-state index in [1.807, 2.05) is 30.3 Å². The summed E-state index contributed by atoms with van der Waals surface area (Å²) in [6.07, 6.45) is 0. The molecule has 20 heavy (non-hydrogen) atoms. The predicted molar refractivity (Wildman–Crippen MR) is 85.8 cm³/mol. The SMILES string of the molecule is COc1cccc(N(C)Cc2cc(Br)ccc2OC)c1. The maximum absolute atomic E-state index is 5.41. The van der Waals surface area contributed by atoms with Gasteiger partial charge in [-0.1, -0.05) is 22.0 Å². The average Bonchev–Trinajstić information content (AvgIpc) is 2.47. The fraction of sp³-hybridized carbons (Fsp3) is 0.250. The van der Waals surface area contributed by atoms with Crippen LogP contribution in [0.4, 0.5) is 5.69 Å². The Balaban J connectivity index is 2.22. The van der Waals surface area contributed by atoms with E-state index in [9.17, 15) is 0 Å². The van der Waals surface area contributed by atoms with Gasteiger partial charge in [0.15, 0.2) is 0 Å². The van der Waals surface area contributed by atoms with Crippen molar-refractivity contribution in [2.24, 2.45) is 0 Å². The summed E-state index contributed by atoms with van der Waals surface area (Å²) in [5.74, 6) is 1.75. The predicted octanol–water partition coefficient (Wildman–Crippen LogP) is 4.10. The first-order valence-corrected chi connectivity index (χ1v) is 7.11. The first-order valence-electron chi connectivity index (χ1n) is 6.31. The highest BCUT2D eigenvalue weighted by atomic mass is 79.9. The van der Waals surface area contributed by atoms with Crippen LogP contribution in [0.1, 0.15) is 5.56 Å². The third-order valence-electron chi connectivity index (χ3n) is 3.14. The molecule has 0 atom stereocenters. The number of ether oxygens (including phenoxy) is 2. The lowest BCUT2D eigenvalue weighted by Crippen LogP contribution is -2.16. The molecule has 0 saturated carbocycles. The summed E-state index contributed by atoms with van der Waals surface area (Å²) in [5.41, 5.74) is 2.23. The van der Waals surface area contributed by atoms with Crippen molar-refractivity contribution in [1.29, 1.82) is 0 Å². The molecule has 2 aromatic carbocycles. The van der Waals surface area contributed by atoms with Crippen molar-refractivity contribution in [2.45, 2.75) is 6.54 Å². The van der Waals surface area contributed by atoms with Crippen LogP contribution >= 0.6 is 15.9 Å². The van der Waals surface area contributed by atoms with Crippen LogP contribution in [-0.2, 0) is 6.54 Å². The molecule has 0 saturated heterocycles. The van der Waals surface area contributed by atoms with E-state index in [4.69, 9.17) is 9.47 Å². The molecule has 0 amide bonds. The molecule has 2 rings (SSSR count). The number of anilines is 1. The molecule has 106 valence electrons. The van der Waals surface area contributed by atoms with E-state index in [1.165, 1.54) is 0 Å². The second kappa shape index (κ2) is 6.66. The van der Waals surface area contributed by atoms with Crippen molar-refractivity contribution in [3.8, 4) is 11.5 Å². The molecule has 0 heterocycles. The second-order valence-electron chi connectivity index (χ2n) is 4.51. The van der Waals surface area contributed by atoms with E-state index in [0.29, 0.717) is 0 Å². The van der Waals surface area contributed by atoms with Crippen LogP contribution in [0.5, 0.6) is 11.5 Å². The number of nitrogens with zero attached hydrogens (tertiary/aromatic N) is 1. The van der Waals surface area contributed by atoms with Gasteiger partial charge in [-0.2, -0.15) is 0 Å². The summed E-state index contributed by atoms with van der Waals surface area (Å²) in [6.45, 7) is 0.760. The molecule has 0 aliphatic rings. The van der Waals surface area contributed by atoms with E-state index < -0.39 is 0 Å². The monoisotopic (exact) mass is 335 g/mol. The summed E-state index contributed by atoms with van der Waals surface area (Å²) in [5, 5.41) is 0. The summed E-state index contributed by atoms with van der Waals surface area (Å²) in [4.78, 5) is 2.16. The van der Waals surface area contributed by atoms with Crippen LogP contribution in [0.25, 0.3) is 0 Å². The Bertz CT molecular complexity index is 586. The Kier molecular flexibility index (Phi) is 4.90. The fourth-order valence-corrected chi connectivity index (χ4v) is 2.47. The van der Waals surface area contributed by atoms with Crippen molar-refractivity contribution in [2.75, 3.05) is 26.2 Å². The molecular formula is C16H18BrNO2. The number of methoxy groups -OCH3 is 2. The quantitative estimate of drug-likeness (QED) is 0.820. The Morgan fingerprint density at radius 1 is 1.05 bits per heavy atom. The summed E-state index contributed by atoms with van der Waals surface area (Å²) >= 11 is 3.50. The zero-order chi connectivity index (χ0) is 14.5. The van der Waals surface area contributed by atoms with Gasteiger partial charge in [-0.25, -0.2) is 0 Å². The van der Waals surface area contributed by atoms with Crippen LogP contribution in [0.15, 0.2) is 46.9 Å². The number of hydrogen-bond acceptors (Lipinski definition) is 3. The summed E-state index contributed by atoms with van der Waals surface area (Å²) in [6, 6.07) is 14.0. The van der Waals surface area contributed by atoms with Gasteiger partial charge in [-0.3, -0.25) is 0 Å². The largest absolute Gasteiger partial charge is 0.497 e. The van der Waals surface area contributed by atoms with E-state index in [1.54, 1.807) is 14.2 Å². The minimum absolute atomic E-state index is 0.760. The molecule has 0 aliphatic carbocycles. The van der Waals surface area contributed by atoms with E-state index in [2.05, 4.69) is 40.0 Å². The molecule has 0 N–H and O–H groups in total. The standard InChI is InChI=1S/C16H18BrNO2/c1-18(14-5-4-6-15(10-14)19-2)11-12-9-13(17)7-8-16(12)20-3/h4-10H,11H2,1-3H3. The van der Waals surface area contributed by atoms with E-state index >= 15 is 0 Å². The lowest BCUT2D eigenvalue weighted by atomic mass is 10.1. The minimum atomic E-state index is 0.760. The highest BCUT2D eigenvalue weighted by Gasteiger charge is 2.08. The number of benzene rings is 2. The average molecular weight is 336 g/mol.